The molecule has 1 aromatic carbocycles. The Morgan fingerprint density at radius 2 is 1.76 bits per heavy atom. The second-order valence-electron chi connectivity index (χ2n) is 7.52. The molecule has 1 aromatic rings. The van der Waals surface area contributed by atoms with Gasteiger partial charge in [-0.3, -0.25) is 4.99 Å². The van der Waals surface area contributed by atoms with Gasteiger partial charge in [0.2, 0.25) is 0 Å². The zero-order chi connectivity index (χ0) is 18.9. The van der Waals surface area contributed by atoms with Crippen molar-refractivity contribution >= 4 is 15.8 Å². The molecule has 0 radical (unpaired) electrons. The smallest absolute Gasteiger partial charge is 0.191 e. The fourth-order valence-corrected chi connectivity index (χ4v) is 3.00. The van der Waals surface area contributed by atoms with E-state index >= 15 is 0 Å². The van der Waals surface area contributed by atoms with Crippen molar-refractivity contribution in [2.75, 3.05) is 25.9 Å². The number of benzene rings is 1. The van der Waals surface area contributed by atoms with Gasteiger partial charge in [0.05, 0.1) is 4.90 Å². The number of hydrogen-bond acceptors (Lipinski definition) is 3. The number of nitrogens with one attached hydrogen (secondary N) is 2. The van der Waals surface area contributed by atoms with Crippen LogP contribution < -0.4 is 10.6 Å². The highest BCUT2D eigenvalue weighted by atomic mass is 32.2. The Bertz CT molecular complexity index is 644. The van der Waals surface area contributed by atoms with Crippen LogP contribution in [0.2, 0.25) is 0 Å². The highest BCUT2D eigenvalue weighted by Gasteiger charge is 2.09. The van der Waals surface area contributed by atoms with Crippen molar-refractivity contribution in [2.24, 2.45) is 10.4 Å². The molecule has 0 heterocycles. The first-order valence-electron chi connectivity index (χ1n) is 8.93. The minimum Gasteiger partial charge on any atom is -0.357 e. The van der Waals surface area contributed by atoms with E-state index in [-0.39, 0.29) is 0 Å². The molecule has 0 aliphatic heterocycles. The van der Waals surface area contributed by atoms with Gasteiger partial charge in [0.25, 0.3) is 0 Å². The van der Waals surface area contributed by atoms with Crippen molar-refractivity contribution < 1.29 is 8.42 Å². The van der Waals surface area contributed by atoms with E-state index in [9.17, 15) is 8.42 Å². The van der Waals surface area contributed by atoms with Crippen molar-refractivity contribution in [1.29, 1.82) is 0 Å². The molecule has 0 aliphatic carbocycles. The molecule has 25 heavy (non-hydrogen) atoms. The molecule has 0 fully saturated rings. The SMILES string of the molecule is CCNC(=NCCCC(C)(C)C)NCCc1ccc(S(C)(=O)=O)cc1. The molecule has 142 valence electrons. The van der Waals surface area contributed by atoms with Crippen LogP contribution in [0.4, 0.5) is 0 Å². The number of sulfone groups is 1. The summed E-state index contributed by atoms with van der Waals surface area (Å²) in [6, 6.07) is 7.06. The van der Waals surface area contributed by atoms with Crippen molar-refractivity contribution in [3.05, 3.63) is 29.8 Å². The van der Waals surface area contributed by atoms with Crippen LogP contribution in [0.5, 0.6) is 0 Å². The lowest BCUT2D eigenvalue weighted by molar-refractivity contribution is 0.368. The quantitative estimate of drug-likeness (QED) is 0.421. The van der Waals surface area contributed by atoms with Gasteiger partial charge in [-0.05, 0) is 49.3 Å². The average Bonchev–Trinajstić information content (AvgIpc) is 2.50. The predicted molar refractivity (Wildman–Crippen MR) is 106 cm³/mol. The van der Waals surface area contributed by atoms with Gasteiger partial charge in [-0.25, -0.2) is 8.42 Å². The predicted octanol–water partition coefficient (Wildman–Crippen LogP) is 3.01. The van der Waals surface area contributed by atoms with E-state index in [0.717, 1.165) is 50.4 Å². The van der Waals surface area contributed by atoms with Crippen LogP contribution in [-0.4, -0.2) is 40.3 Å². The first-order chi connectivity index (χ1) is 11.6. The molecule has 0 saturated heterocycles. The Morgan fingerprint density at radius 3 is 2.28 bits per heavy atom. The highest BCUT2D eigenvalue weighted by molar-refractivity contribution is 7.90. The zero-order valence-electron chi connectivity index (χ0n) is 16.2. The summed E-state index contributed by atoms with van der Waals surface area (Å²) in [5.41, 5.74) is 1.45. The number of aliphatic imine (C=N–C) groups is 1. The maximum Gasteiger partial charge on any atom is 0.191 e. The first kappa shape index (κ1) is 21.5. The summed E-state index contributed by atoms with van der Waals surface area (Å²) in [6.45, 7) is 11.2. The lowest BCUT2D eigenvalue weighted by Crippen LogP contribution is -2.38. The maximum atomic E-state index is 11.5. The molecule has 0 aromatic heterocycles. The minimum atomic E-state index is -3.13. The number of hydrogen-bond donors (Lipinski definition) is 2. The van der Waals surface area contributed by atoms with E-state index in [2.05, 4.69) is 43.3 Å². The lowest BCUT2D eigenvalue weighted by Gasteiger charge is -2.17. The Morgan fingerprint density at radius 1 is 1.12 bits per heavy atom. The van der Waals surface area contributed by atoms with Crippen LogP contribution in [0.3, 0.4) is 0 Å². The summed E-state index contributed by atoms with van der Waals surface area (Å²) in [4.78, 5) is 4.97. The van der Waals surface area contributed by atoms with Gasteiger partial charge in [-0.15, -0.1) is 0 Å². The van der Waals surface area contributed by atoms with Crippen molar-refractivity contribution in [3.63, 3.8) is 0 Å². The Kier molecular flexibility index (Phi) is 8.42. The first-order valence-corrected chi connectivity index (χ1v) is 10.8. The fourth-order valence-electron chi connectivity index (χ4n) is 2.37. The molecule has 0 amide bonds. The Balaban J connectivity index is 2.46. The summed E-state index contributed by atoms with van der Waals surface area (Å²) in [6.07, 6.45) is 4.27. The largest absolute Gasteiger partial charge is 0.357 e. The van der Waals surface area contributed by atoms with Crippen LogP contribution in [0.1, 0.15) is 46.1 Å². The molecule has 0 atom stereocenters. The van der Waals surface area contributed by atoms with Crippen molar-refractivity contribution in [1.82, 2.24) is 10.6 Å². The Labute approximate surface area is 153 Å². The number of guanidine groups is 1. The van der Waals surface area contributed by atoms with Gasteiger partial charge in [0.15, 0.2) is 15.8 Å². The highest BCUT2D eigenvalue weighted by Crippen LogP contribution is 2.20. The molecule has 1 rings (SSSR count). The van der Waals surface area contributed by atoms with Gasteiger partial charge < -0.3 is 10.6 Å². The molecule has 0 aliphatic rings. The summed E-state index contributed by atoms with van der Waals surface area (Å²) in [5.74, 6) is 0.837. The normalized spacial score (nSPS) is 12.9. The minimum absolute atomic E-state index is 0.347. The van der Waals surface area contributed by atoms with E-state index in [1.54, 1.807) is 12.1 Å². The van der Waals surface area contributed by atoms with E-state index < -0.39 is 9.84 Å². The molecule has 2 N–H and O–H groups in total. The molecular formula is C19H33N3O2S. The third-order valence-corrected chi connectivity index (χ3v) is 4.89. The Hall–Kier alpha value is -1.56. The van der Waals surface area contributed by atoms with Crippen molar-refractivity contribution in [2.45, 2.75) is 51.9 Å². The molecule has 0 bridgehead atoms. The maximum absolute atomic E-state index is 11.5. The number of nitrogens with zero attached hydrogens (tertiary/aromatic N) is 1. The van der Waals surface area contributed by atoms with Crippen LogP contribution >= 0.6 is 0 Å². The molecule has 0 saturated carbocycles. The lowest BCUT2D eigenvalue weighted by atomic mass is 9.91. The van der Waals surface area contributed by atoms with Gasteiger partial charge in [-0.1, -0.05) is 32.9 Å². The molecule has 0 unspecified atom stereocenters. The number of rotatable bonds is 8. The molecule has 5 nitrogen and oxygen atoms in total. The topological polar surface area (TPSA) is 70.6 Å². The van der Waals surface area contributed by atoms with E-state index in [0.29, 0.717) is 10.3 Å². The summed E-state index contributed by atoms with van der Waals surface area (Å²) in [5, 5.41) is 6.59. The van der Waals surface area contributed by atoms with Crippen LogP contribution in [0, 0.1) is 5.41 Å². The van der Waals surface area contributed by atoms with Gasteiger partial charge in [0, 0.05) is 25.9 Å². The van der Waals surface area contributed by atoms with Crippen LogP contribution in [0.25, 0.3) is 0 Å². The standard InChI is InChI=1S/C19H33N3O2S/c1-6-20-18(21-14-7-13-19(2,3)4)22-15-12-16-8-10-17(11-9-16)25(5,23)24/h8-11H,6-7,12-15H2,1-5H3,(H2,20,21,22). The van der Waals surface area contributed by atoms with Crippen molar-refractivity contribution in [3.8, 4) is 0 Å². The van der Waals surface area contributed by atoms with Crippen LogP contribution in [-0.2, 0) is 16.3 Å². The monoisotopic (exact) mass is 367 g/mol. The summed E-state index contributed by atoms with van der Waals surface area (Å²) >= 11 is 0. The van der Waals surface area contributed by atoms with Gasteiger partial charge in [0.1, 0.15) is 0 Å². The van der Waals surface area contributed by atoms with E-state index in [1.807, 2.05) is 12.1 Å². The average molecular weight is 368 g/mol. The second kappa shape index (κ2) is 9.80. The second-order valence-corrected chi connectivity index (χ2v) is 9.53. The molecule has 6 heteroatoms. The third-order valence-electron chi connectivity index (χ3n) is 3.76. The summed E-state index contributed by atoms with van der Waals surface area (Å²) in [7, 11) is -3.13. The van der Waals surface area contributed by atoms with E-state index in [1.165, 1.54) is 6.26 Å². The van der Waals surface area contributed by atoms with Gasteiger partial charge >= 0.3 is 0 Å². The van der Waals surface area contributed by atoms with E-state index in [4.69, 9.17) is 0 Å². The fraction of sp³-hybridized carbons (Fsp3) is 0.632. The summed E-state index contributed by atoms with van der Waals surface area (Å²) < 4.78 is 22.9. The zero-order valence-corrected chi connectivity index (χ0v) is 17.0. The molecule has 0 spiro atoms. The van der Waals surface area contributed by atoms with Crippen LogP contribution in [0.15, 0.2) is 34.2 Å². The van der Waals surface area contributed by atoms with Gasteiger partial charge in [-0.2, -0.15) is 0 Å². The third kappa shape index (κ3) is 9.48. The molecular weight excluding hydrogens is 334 g/mol.